The van der Waals surface area contributed by atoms with Crippen LogP contribution in [0.25, 0.3) is 10.9 Å². The molecule has 0 aliphatic rings. The summed E-state index contributed by atoms with van der Waals surface area (Å²) in [6, 6.07) is 11.5. The molecule has 1 heterocycles. The Morgan fingerprint density at radius 1 is 1.12 bits per heavy atom. The average Bonchev–Trinajstić information content (AvgIpc) is 2.92. The van der Waals surface area contributed by atoms with Crippen LogP contribution >= 0.6 is 35.4 Å². The van der Waals surface area contributed by atoms with Gasteiger partial charge in [-0.2, -0.15) is 0 Å². The predicted octanol–water partition coefficient (Wildman–Crippen LogP) is 5.31. The van der Waals surface area contributed by atoms with Crippen LogP contribution in [-0.2, 0) is 6.42 Å². The van der Waals surface area contributed by atoms with E-state index in [1.165, 1.54) is 5.56 Å². The molecule has 0 saturated heterocycles. The van der Waals surface area contributed by atoms with Crippen molar-refractivity contribution in [2.45, 2.75) is 13.3 Å². The number of benzene rings is 2. The number of nitrogens with one attached hydrogen (secondary N) is 3. The van der Waals surface area contributed by atoms with Crippen LogP contribution in [0.1, 0.15) is 11.1 Å². The van der Waals surface area contributed by atoms with Crippen molar-refractivity contribution in [3.05, 3.63) is 63.8 Å². The Hall–Kier alpha value is -1.75. The molecular formula is C18H17Cl2N3S. The van der Waals surface area contributed by atoms with Crippen molar-refractivity contribution < 1.29 is 0 Å². The van der Waals surface area contributed by atoms with Gasteiger partial charge in [0.15, 0.2) is 5.11 Å². The number of aryl methyl sites for hydroxylation is 1. The first-order valence-corrected chi connectivity index (χ1v) is 8.76. The zero-order valence-electron chi connectivity index (χ0n) is 13.1. The highest BCUT2D eigenvalue weighted by atomic mass is 35.5. The number of anilines is 1. The molecule has 0 spiro atoms. The number of H-pyrrole nitrogens is 1. The van der Waals surface area contributed by atoms with Crippen molar-refractivity contribution in [2.24, 2.45) is 0 Å². The first-order valence-electron chi connectivity index (χ1n) is 7.59. The SMILES string of the molecule is Cc1cc(Cl)ccc1NC(=S)NCCc1c[nH]c2ccc(Cl)cc12. The van der Waals surface area contributed by atoms with E-state index >= 15 is 0 Å². The van der Waals surface area contributed by atoms with Gasteiger partial charge >= 0.3 is 0 Å². The standard InChI is InChI=1S/C18H17Cl2N3S/c1-11-8-13(19)2-4-16(11)23-18(24)21-7-6-12-10-22-17-5-3-14(20)9-15(12)17/h2-5,8-10,22H,6-7H2,1H3,(H2,21,23,24). The van der Waals surface area contributed by atoms with Gasteiger partial charge in [-0.15, -0.1) is 0 Å². The summed E-state index contributed by atoms with van der Waals surface area (Å²) >= 11 is 17.4. The molecule has 3 rings (SSSR count). The number of aromatic nitrogens is 1. The molecule has 0 fully saturated rings. The third-order valence-electron chi connectivity index (χ3n) is 3.85. The van der Waals surface area contributed by atoms with E-state index in [4.69, 9.17) is 35.4 Å². The number of thiocarbonyl (C=S) groups is 1. The lowest BCUT2D eigenvalue weighted by atomic mass is 10.1. The molecule has 0 unspecified atom stereocenters. The van der Waals surface area contributed by atoms with Gasteiger partial charge in [-0.05, 0) is 73.1 Å². The van der Waals surface area contributed by atoms with E-state index in [2.05, 4.69) is 15.6 Å². The van der Waals surface area contributed by atoms with E-state index in [0.29, 0.717) is 5.11 Å². The quantitative estimate of drug-likeness (QED) is 0.539. The van der Waals surface area contributed by atoms with Crippen LogP contribution in [-0.4, -0.2) is 16.6 Å². The van der Waals surface area contributed by atoms with Crippen LogP contribution in [0.4, 0.5) is 5.69 Å². The summed E-state index contributed by atoms with van der Waals surface area (Å²) in [6.07, 6.45) is 2.87. The molecule has 0 amide bonds. The highest BCUT2D eigenvalue weighted by Crippen LogP contribution is 2.22. The van der Waals surface area contributed by atoms with Gasteiger partial charge in [-0.3, -0.25) is 0 Å². The molecule has 3 nitrogen and oxygen atoms in total. The number of rotatable bonds is 4. The number of hydrogen-bond donors (Lipinski definition) is 3. The van der Waals surface area contributed by atoms with Crippen LogP contribution in [0.5, 0.6) is 0 Å². The maximum Gasteiger partial charge on any atom is 0.170 e. The third-order valence-corrected chi connectivity index (χ3v) is 4.56. The zero-order chi connectivity index (χ0) is 17.1. The first kappa shape index (κ1) is 17.1. The fraction of sp³-hybridized carbons (Fsp3) is 0.167. The van der Waals surface area contributed by atoms with Gasteiger partial charge in [0.25, 0.3) is 0 Å². The summed E-state index contributed by atoms with van der Waals surface area (Å²) in [7, 11) is 0. The Morgan fingerprint density at radius 3 is 2.67 bits per heavy atom. The zero-order valence-corrected chi connectivity index (χ0v) is 15.4. The molecule has 24 heavy (non-hydrogen) atoms. The topological polar surface area (TPSA) is 39.8 Å². The predicted molar refractivity (Wildman–Crippen MR) is 107 cm³/mol. The fourth-order valence-electron chi connectivity index (χ4n) is 2.60. The second kappa shape index (κ2) is 7.43. The van der Waals surface area contributed by atoms with Gasteiger partial charge in [0.2, 0.25) is 0 Å². The van der Waals surface area contributed by atoms with Gasteiger partial charge in [0.05, 0.1) is 0 Å². The molecule has 0 aliphatic heterocycles. The minimum atomic E-state index is 0.596. The number of halogens is 2. The fourth-order valence-corrected chi connectivity index (χ4v) is 3.21. The molecule has 0 bridgehead atoms. The second-order valence-corrected chi connectivity index (χ2v) is 6.88. The molecule has 0 radical (unpaired) electrons. The van der Waals surface area contributed by atoms with E-state index in [1.54, 1.807) is 0 Å². The minimum Gasteiger partial charge on any atom is -0.362 e. The van der Waals surface area contributed by atoms with E-state index in [0.717, 1.165) is 45.2 Å². The lowest BCUT2D eigenvalue weighted by Gasteiger charge is -2.12. The van der Waals surface area contributed by atoms with E-state index < -0.39 is 0 Å². The highest BCUT2D eigenvalue weighted by Gasteiger charge is 2.05. The molecule has 1 aromatic heterocycles. The lowest BCUT2D eigenvalue weighted by molar-refractivity contribution is 0.878. The first-order chi connectivity index (χ1) is 11.5. The molecule has 6 heteroatoms. The number of aromatic amines is 1. The van der Waals surface area contributed by atoms with Crippen molar-refractivity contribution in [3.63, 3.8) is 0 Å². The summed E-state index contributed by atoms with van der Waals surface area (Å²) in [6.45, 7) is 2.73. The highest BCUT2D eigenvalue weighted by molar-refractivity contribution is 7.80. The lowest BCUT2D eigenvalue weighted by Crippen LogP contribution is -2.30. The van der Waals surface area contributed by atoms with E-state index in [9.17, 15) is 0 Å². The molecule has 0 aliphatic carbocycles. The molecule has 3 aromatic rings. The summed E-state index contributed by atoms with van der Waals surface area (Å²) in [4.78, 5) is 3.26. The van der Waals surface area contributed by atoms with Crippen LogP contribution in [0.3, 0.4) is 0 Å². The summed E-state index contributed by atoms with van der Waals surface area (Å²) < 4.78 is 0. The van der Waals surface area contributed by atoms with Crippen molar-refractivity contribution >= 4 is 57.1 Å². The van der Waals surface area contributed by atoms with Crippen molar-refractivity contribution in [1.82, 2.24) is 10.3 Å². The monoisotopic (exact) mass is 377 g/mol. The van der Waals surface area contributed by atoms with E-state index in [-0.39, 0.29) is 0 Å². The van der Waals surface area contributed by atoms with Gasteiger partial charge in [0.1, 0.15) is 0 Å². The largest absolute Gasteiger partial charge is 0.362 e. The molecular weight excluding hydrogens is 361 g/mol. The second-order valence-electron chi connectivity index (χ2n) is 5.59. The Balaban J connectivity index is 1.57. The van der Waals surface area contributed by atoms with Crippen molar-refractivity contribution in [1.29, 1.82) is 0 Å². The normalized spacial score (nSPS) is 10.8. The maximum atomic E-state index is 6.08. The van der Waals surface area contributed by atoms with E-state index in [1.807, 2.05) is 49.5 Å². The summed E-state index contributed by atoms with van der Waals surface area (Å²) in [5, 5.41) is 9.63. The van der Waals surface area contributed by atoms with Gasteiger partial charge < -0.3 is 15.6 Å². The van der Waals surface area contributed by atoms with Crippen molar-refractivity contribution in [2.75, 3.05) is 11.9 Å². The third kappa shape index (κ3) is 4.01. The Morgan fingerprint density at radius 2 is 1.88 bits per heavy atom. The Kier molecular flexibility index (Phi) is 5.29. The van der Waals surface area contributed by atoms with Crippen LogP contribution < -0.4 is 10.6 Å². The Labute approximate surface area is 156 Å². The molecule has 3 N–H and O–H groups in total. The average molecular weight is 378 g/mol. The minimum absolute atomic E-state index is 0.596. The van der Waals surface area contributed by atoms with Crippen LogP contribution in [0.2, 0.25) is 10.0 Å². The van der Waals surface area contributed by atoms with Gasteiger partial charge in [0, 0.05) is 39.4 Å². The summed E-state index contributed by atoms with van der Waals surface area (Å²) in [5.74, 6) is 0. The van der Waals surface area contributed by atoms with Gasteiger partial charge in [-0.1, -0.05) is 23.2 Å². The van der Waals surface area contributed by atoms with Crippen molar-refractivity contribution in [3.8, 4) is 0 Å². The number of fused-ring (bicyclic) bond motifs is 1. The summed E-state index contributed by atoms with van der Waals surface area (Å²) in [5.41, 5.74) is 4.31. The van der Waals surface area contributed by atoms with Crippen LogP contribution in [0.15, 0.2) is 42.6 Å². The molecule has 124 valence electrons. The molecule has 0 atom stereocenters. The maximum absolute atomic E-state index is 6.08. The number of hydrogen-bond acceptors (Lipinski definition) is 1. The van der Waals surface area contributed by atoms with Crippen LogP contribution in [0, 0.1) is 6.92 Å². The molecule has 0 saturated carbocycles. The Bertz CT molecular complexity index is 889. The van der Waals surface area contributed by atoms with Gasteiger partial charge in [-0.25, -0.2) is 0 Å². The molecule has 2 aromatic carbocycles. The smallest absolute Gasteiger partial charge is 0.170 e.